The van der Waals surface area contributed by atoms with Gasteiger partial charge in [0.25, 0.3) is 0 Å². The van der Waals surface area contributed by atoms with Crippen LogP contribution in [-0.4, -0.2) is 43.5 Å². The Labute approximate surface area is 117 Å². The van der Waals surface area contributed by atoms with Crippen molar-refractivity contribution < 1.29 is 13.2 Å². The van der Waals surface area contributed by atoms with Crippen LogP contribution >= 0.6 is 0 Å². The lowest BCUT2D eigenvalue weighted by Crippen LogP contribution is -2.49. The maximum absolute atomic E-state index is 13.0. The largest absolute Gasteiger partial charge is 0.416 e. The third-order valence-corrected chi connectivity index (χ3v) is 3.49. The van der Waals surface area contributed by atoms with Gasteiger partial charge in [-0.3, -0.25) is 4.90 Å². The van der Waals surface area contributed by atoms with E-state index in [0.717, 1.165) is 25.7 Å². The maximum Gasteiger partial charge on any atom is 0.416 e. The molecule has 0 spiro atoms. The topological polar surface area (TPSA) is 32.5 Å². The molecule has 0 atom stereocenters. The summed E-state index contributed by atoms with van der Waals surface area (Å²) in [5.41, 5.74) is 5.29. The molecule has 0 aliphatic carbocycles. The molecule has 1 fully saturated rings. The molecule has 0 unspecified atom stereocenters. The molecule has 6 heteroatoms. The Hall–Kier alpha value is -1.27. The van der Waals surface area contributed by atoms with Gasteiger partial charge in [0.05, 0.1) is 5.56 Å². The van der Waals surface area contributed by atoms with Crippen LogP contribution in [0, 0.1) is 5.92 Å². The van der Waals surface area contributed by atoms with E-state index in [0.29, 0.717) is 18.0 Å². The Morgan fingerprint density at radius 1 is 1.30 bits per heavy atom. The van der Waals surface area contributed by atoms with Gasteiger partial charge in [-0.15, -0.1) is 0 Å². The minimum absolute atomic E-state index is 0.148. The quantitative estimate of drug-likeness (QED) is 0.862. The van der Waals surface area contributed by atoms with Crippen molar-refractivity contribution >= 4 is 5.69 Å². The highest BCUT2D eigenvalue weighted by atomic mass is 19.4. The summed E-state index contributed by atoms with van der Waals surface area (Å²) in [4.78, 5) is 4.14. The number of benzene rings is 1. The van der Waals surface area contributed by atoms with Crippen LogP contribution in [0.15, 0.2) is 18.2 Å². The lowest BCUT2D eigenvalue weighted by molar-refractivity contribution is -0.138. The number of likely N-dealkylation sites (tertiary alicyclic amines) is 1. The van der Waals surface area contributed by atoms with Gasteiger partial charge in [-0.05, 0) is 37.7 Å². The molecule has 1 aromatic carbocycles. The van der Waals surface area contributed by atoms with Gasteiger partial charge in [0.2, 0.25) is 0 Å². The minimum Gasteiger partial charge on any atom is -0.399 e. The van der Waals surface area contributed by atoms with Gasteiger partial charge in [-0.25, -0.2) is 0 Å². The molecule has 1 aromatic rings. The van der Waals surface area contributed by atoms with Crippen molar-refractivity contribution in [2.24, 2.45) is 5.92 Å². The van der Waals surface area contributed by atoms with Gasteiger partial charge in [-0.1, -0.05) is 6.07 Å². The molecule has 20 heavy (non-hydrogen) atoms. The molecule has 1 saturated heterocycles. The van der Waals surface area contributed by atoms with E-state index in [-0.39, 0.29) is 5.69 Å². The number of nitrogen functional groups attached to an aromatic ring is 1. The molecule has 0 bridgehead atoms. The molecule has 1 heterocycles. The Bertz CT molecular complexity index is 465. The van der Waals surface area contributed by atoms with Crippen molar-refractivity contribution in [1.82, 2.24) is 9.80 Å². The number of alkyl halides is 3. The zero-order valence-corrected chi connectivity index (χ0v) is 11.7. The van der Waals surface area contributed by atoms with Crippen LogP contribution < -0.4 is 5.73 Å². The lowest BCUT2D eigenvalue weighted by Gasteiger charge is -2.41. The van der Waals surface area contributed by atoms with E-state index >= 15 is 0 Å². The predicted molar refractivity (Wildman–Crippen MR) is 73.2 cm³/mol. The van der Waals surface area contributed by atoms with Gasteiger partial charge < -0.3 is 10.6 Å². The van der Waals surface area contributed by atoms with Crippen LogP contribution in [0.2, 0.25) is 0 Å². The lowest BCUT2D eigenvalue weighted by atomic mass is 9.97. The highest BCUT2D eigenvalue weighted by molar-refractivity contribution is 5.46. The van der Waals surface area contributed by atoms with E-state index in [1.807, 2.05) is 19.0 Å². The summed E-state index contributed by atoms with van der Waals surface area (Å²) < 4.78 is 38.9. The summed E-state index contributed by atoms with van der Waals surface area (Å²) in [7, 11) is 4.01. The molecule has 2 N–H and O–H groups in total. The standard InChI is InChI=1S/C14H20F3N3/c1-19(2)6-10-7-20(8-10)9-11-3-4-12(18)5-13(11)14(15,16)17/h3-5,10H,6-9,18H2,1-2H3. The second-order valence-electron chi connectivity index (χ2n) is 5.74. The third kappa shape index (κ3) is 3.64. The zero-order valence-electron chi connectivity index (χ0n) is 11.7. The van der Waals surface area contributed by atoms with Gasteiger partial charge in [0.15, 0.2) is 0 Å². The number of hydrogen-bond donors (Lipinski definition) is 1. The number of rotatable bonds is 4. The molecular weight excluding hydrogens is 267 g/mol. The van der Waals surface area contributed by atoms with Gasteiger partial charge >= 0.3 is 6.18 Å². The number of nitrogens with zero attached hydrogens (tertiary/aromatic N) is 2. The summed E-state index contributed by atoms with van der Waals surface area (Å²) in [6.07, 6.45) is -4.35. The molecule has 3 nitrogen and oxygen atoms in total. The Balaban J connectivity index is 2.01. The third-order valence-electron chi connectivity index (χ3n) is 3.49. The van der Waals surface area contributed by atoms with Gasteiger partial charge in [0, 0.05) is 31.9 Å². The van der Waals surface area contributed by atoms with Gasteiger partial charge in [0.1, 0.15) is 0 Å². The van der Waals surface area contributed by atoms with Crippen LogP contribution in [0.3, 0.4) is 0 Å². The van der Waals surface area contributed by atoms with Crippen LogP contribution in [-0.2, 0) is 12.7 Å². The van der Waals surface area contributed by atoms with E-state index in [2.05, 4.69) is 4.90 Å². The van der Waals surface area contributed by atoms with Crippen LogP contribution in [0.4, 0.5) is 18.9 Å². The van der Waals surface area contributed by atoms with Crippen LogP contribution in [0.1, 0.15) is 11.1 Å². The van der Waals surface area contributed by atoms with E-state index in [1.165, 1.54) is 12.1 Å². The van der Waals surface area contributed by atoms with E-state index in [1.54, 1.807) is 0 Å². The fourth-order valence-electron chi connectivity index (χ4n) is 2.67. The molecule has 1 aliphatic rings. The fourth-order valence-corrected chi connectivity index (χ4v) is 2.67. The molecule has 0 radical (unpaired) electrons. The zero-order chi connectivity index (χ0) is 14.9. The summed E-state index contributed by atoms with van der Waals surface area (Å²) in [6, 6.07) is 4.03. The second kappa shape index (κ2) is 5.61. The van der Waals surface area contributed by atoms with Gasteiger partial charge in [-0.2, -0.15) is 13.2 Å². The smallest absolute Gasteiger partial charge is 0.399 e. The molecule has 1 aliphatic heterocycles. The summed E-state index contributed by atoms with van der Waals surface area (Å²) in [5, 5.41) is 0. The van der Waals surface area contributed by atoms with E-state index in [9.17, 15) is 13.2 Å². The number of hydrogen-bond acceptors (Lipinski definition) is 3. The SMILES string of the molecule is CN(C)CC1CN(Cc2ccc(N)cc2C(F)(F)F)C1. The van der Waals surface area contributed by atoms with Crippen molar-refractivity contribution in [2.75, 3.05) is 39.5 Å². The monoisotopic (exact) mass is 287 g/mol. The number of anilines is 1. The van der Waals surface area contributed by atoms with Crippen LogP contribution in [0.5, 0.6) is 0 Å². The normalized spacial score (nSPS) is 17.5. The predicted octanol–water partition coefficient (Wildman–Crippen LogP) is 2.28. The molecular formula is C14H20F3N3. The Kier molecular flexibility index (Phi) is 4.25. The molecule has 2 rings (SSSR count). The minimum atomic E-state index is -4.35. The Morgan fingerprint density at radius 2 is 1.95 bits per heavy atom. The molecule has 0 saturated carbocycles. The van der Waals surface area contributed by atoms with Crippen LogP contribution in [0.25, 0.3) is 0 Å². The van der Waals surface area contributed by atoms with Crippen molar-refractivity contribution in [1.29, 1.82) is 0 Å². The number of halogens is 3. The highest BCUT2D eigenvalue weighted by Gasteiger charge is 2.35. The molecule has 0 aromatic heterocycles. The van der Waals surface area contributed by atoms with Crippen molar-refractivity contribution in [3.8, 4) is 0 Å². The van der Waals surface area contributed by atoms with E-state index in [4.69, 9.17) is 5.73 Å². The molecule has 112 valence electrons. The first kappa shape index (κ1) is 15.1. The fraction of sp³-hybridized carbons (Fsp3) is 0.571. The first-order valence-electron chi connectivity index (χ1n) is 6.58. The average molecular weight is 287 g/mol. The second-order valence-corrected chi connectivity index (χ2v) is 5.74. The Morgan fingerprint density at radius 3 is 2.50 bits per heavy atom. The molecule has 0 amide bonds. The summed E-state index contributed by atoms with van der Waals surface area (Å²) in [6.45, 7) is 3.00. The highest BCUT2D eigenvalue weighted by Crippen LogP contribution is 2.34. The maximum atomic E-state index is 13.0. The van der Waals surface area contributed by atoms with Crippen molar-refractivity contribution in [3.05, 3.63) is 29.3 Å². The van der Waals surface area contributed by atoms with Crippen molar-refractivity contribution in [3.63, 3.8) is 0 Å². The average Bonchev–Trinajstić information content (AvgIpc) is 2.26. The number of nitrogens with two attached hydrogens (primary N) is 1. The van der Waals surface area contributed by atoms with Crippen molar-refractivity contribution in [2.45, 2.75) is 12.7 Å². The summed E-state index contributed by atoms with van der Waals surface area (Å²) in [5.74, 6) is 0.549. The first-order valence-corrected chi connectivity index (χ1v) is 6.58. The summed E-state index contributed by atoms with van der Waals surface area (Å²) >= 11 is 0. The first-order chi connectivity index (χ1) is 9.25. The van der Waals surface area contributed by atoms with E-state index < -0.39 is 11.7 Å².